The van der Waals surface area contributed by atoms with Crippen molar-refractivity contribution < 1.29 is 8.42 Å². The van der Waals surface area contributed by atoms with E-state index in [0.29, 0.717) is 37.5 Å². The zero-order valence-electron chi connectivity index (χ0n) is 13.6. The third-order valence-electron chi connectivity index (χ3n) is 4.74. The van der Waals surface area contributed by atoms with Gasteiger partial charge < -0.3 is 5.32 Å². The van der Waals surface area contributed by atoms with Gasteiger partial charge in [-0.3, -0.25) is 0 Å². The number of hydrogen-bond donors (Lipinski definition) is 2. The maximum Gasteiger partial charge on any atom is 0.279 e. The van der Waals surface area contributed by atoms with Crippen LogP contribution in [0, 0.1) is 17.8 Å². The van der Waals surface area contributed by atoms with Crippen molar-refractivity contribution in [1.82, 2.24) is 14.3 Å². The second kappa shape index (κ2) is 7.40. The summed E-state index contributed by atoms with van der Waals surface area (Å²) in [7, 11) is -3.28. The van der Waals surface area contributed by atoms with E-state index in [1.807, 2.05) is 0 Å². The van der Waals surface area contributed by atoms with E-state index in [-0.39, 0.29) is 0 Å². The fraction of sp³-hybridized carbons (Fsp3) is 1.00. The van der Waals surface area contributed by atoms with Gasteiger partial charge in [0.2, 0.25) is 0 Å². The van der Waals surface area contributed by atoms with Gasteiger partial charge in [0.25, 0.3) is 10.2 Å². The summed E-state index contributed by atoms with van der Waals surface area (Å²) in [4.78, 5) is 0. The van der Waals surface area contributed by atoms with Crippen LogP contribution in [0.15, 0.2) is 0 Å². The Morgan fingerprint density at radius 3 is 2.24 bits per heavy atom. The van der Waals surface area contributed by atoms with E-state index in [2.05, 4.69) is 30.8 Å². The molecule has 1 aliphatic heterocycles. The van der Waals surface area contributed by atoms with Gasteiger partial charge in [0, 0.05) is 25.7 Å². The van der Waals surface area contributed by atoms with Gasteiger partial charge in [0.05, 0.1) is 0 Å². The lowest BCUT2D eigenvalue weighted by Crippen LogP contribution is -2.47. The molecule has 1 unspecified atom stereocenters. The minimum Gasteiger partial charge on any atom is -0.314 e. The van der Waals surface area contributed by atoms with Crippen LogP contribution in [-0.2, 0) is 10.2 Å². The molecule has 1 heterocycles. The second-order valence-corrected chi connectivity index (χ2v) is 8.83. The lowest BCUT2D eigenvalue weighted by atomic mass is 9.98. The highest BCUT2D eigenvalue weighted by atomic mass is 32.2. The molecule has 124 valence electrons. The van der Waals surface area contributed by atoms with Crippen molar-refractivity contribution in [3.8, 4) is 0 Å². The average molecular weight is 317 g/mol. The van der Waals surface area contributed by atoms with Gasteiger partial charge in [-0.25, -0.2) is 4.72 Å². The van der Waals surface area contributed by atoms with Crippen LogP contribution in [0.2, 0.25) is 0 Å². The molecule has 5 nitrogen and oxygen atoms in total. The van der Waals surface area contributed by atoms with Gasteiger partial charge in [0.15, 0.2) is 0 Å². The van der Waals surface area contributed by atoms with E-state index >= 15 is 0 Å². The summed E-state index contributed by atoms with van der Waals surface area (Å²) >= 11 is 0. The quantitative estimate of drug-likeness (QED) is 0.714. The van der Waals surface area contributed by atoms with Crippen LogP contribution in [0.4, 0.5) is 0 Å². The molecular formula is C15H31N3O2S. The van der Waals surface area contributed by atoms with Crippen LogP contribution in [0.25, 0.3) is 0 Å². The number of nitrogens with one attached hydrogen (secondary N) is 2. The Labute approximate surface area is 130 Å². The van der Waals surface area contributed by atoms with Crippen molar-refractivity contribution in [1.29, 1.82) is 0 Å². The molecule has 0 amide bonds. The Hall–Kier alpha value is -0.170. The van der Waals surface area contributed by atoms with E-state index in [4.69, 9.17) is 0 Å². The molecule has 6 heteroatoms. The largest absolute Gasteiger partial charge is 0.314 e. The van der Waals surface area contributed by atoms with Crippen molar-refractivity contribution in [3.63, 3.8) is 0 Å². The van der Waals surface area contributed by atoms with Crippen LogP contribution in [-0.4, -0.2) is 44.9 Å². The van der Waals surface area contributed by atoms with Gasteiger partial charge in [-0.2, -0.15) is 12.7 Å². The van der Waals surface area contributed by atoms with Gasteiger partial charge in [-0.15, -0.1) is 0 Å². The molecule has 1 saturated heterocycles. The van der Waals surface area contributed by atoms with Crippen LogP contribution >= 0.6 is 0 Å². The van der Waals surface area contributed by atoms with E-state index in [1.165, 1.54) is 12.8 Å². The summed E-state index contributed by atoms with van der Waals surface area (Å²) in [5, 5.41) is 3.44. The predicted octanol–water partition coefficient (Wildman–Crippen LogP) is 1.58. The first-order valence-corrected chi connectivity index (χ1v) is 9.80. The lowest BCUT2D eigenvalue weighted by Gasteiger charge is -2.32. The molecule has 0 bridgehead atoms. The fourth-order valence-electron chi connectivity index (χ4n) is 2.92. The maximum absolute atomic E-state index is 12.3. The average Bonchev–Trinajstić information content (AvgIpc) is 3.27. The third-order valence-corrected chi connectivity index (χ3v) is 6.32. The molecule has 2 fully saturated rings. The zero-order valence-corrected chi connectivity index (χ0v) is 14.5. The number of nitrogens with zero attached hydrogens (tertiary/aromatic N) is 1. The first-order valence-electron chi connectivity index (χ1n) is 8.36. The van der Waals surface area contributed by atoms with E-state index in [0.717, 1.165) is 25.3 Å². The van der Waals surface area contributed by atoms with Crippen LogP contribution < -0.4 is 10.0 Å². The summed E-state index contributed by atoms with van der Waals surface area (Å²) in [5.41, 5.74) is 0. The van der Waals surface area contributed by atoms with Crippen molar-refractivity contribution in [2.75, 3.05) is 26.2 Å². The second-order valence-electron chi connectivity index (χ2n) is 7.07. The molecule has 0 spiro atoms. The molecule has 2 rings (SSSR count). The summed E-state index contributed by atoms with van der Waals surface area (Å²) in [5.74, 6) is 1.80. The van der Waals surface area contributed by atoms with E-state index in [1.54, 1.807) is 4.31 Å². The van der Waals surface area contributed by atoms with Gasteiger partial charge in [0.1, 0.15) is 0 Å². The highest BCUT2D eigenvalue weighted by Crippen LogP contribution is 2.36. The standard InChI is InChI=1S/C15H31N3O2S/c1-12(2)16-11-14-6-8-18(9-7-14)21(19,20)17-10-13(3)15-4-5-15/h12-17H,4-11H2,1-3H3. The normalized spacial score (nSPS) is 23.6. The molecule has 21 heavy (non-hydrogen) atoms. The van der Waals surface area contributed by atoms with E-state index < -0.39 is 10.2 Å². The molecule has 1 aliphatic carbocycles. The minimum absolute atomic E-state index is 0.465. The monoisotopic (exact) mass is 317 g/mol. The molecule has 2 aliphatic rings. The number of rotatable bonds is 8. The molecule has 0 aromatic carbocycles. The Morgan fingerprint density at radius 2 is 1.71 bits per heavy atom. The van der Waals surface area contributed by atoms with Crippen molar-refractivity contribution in [2.45, 2.75) is 52.5 Å². The zero-order chi connectivity index (χ0) is 15.5. The smallest absolute Gasteiger partial charge is 0.279 e. The lowest BCUT2D eigenvalue weighted by molar-refractivity contribution is 0.261. The SMILES string of the molecule is CC(C)NCC1CCN(S(=O)(=O)NCC(C)C2CC2)CC1. The molecule has 0 aromatic heterocycles. The molecule has 2 N–H and O–H groups in total. The summed E-state index contributed by atoms with van der Waals surface area (Å²) < 4.78 is 29.0. The highest BCUT2D eigenvalue weighted by molar-refractivity contribution is 7.87. The van der Waals surface area contributed by atoms with Crippen molar-refractivity contribution in [3.05, 3.63) is 0 Å². The topological polar surface area (TPSA) is 61.4 Å². The summed E-state index contributed by atoms with van der Waals surface area (Å²) in [6.45, 7) is 9.31. The molecule has 1 saturated carbocycles. The first kappa shape index (κ1) is 17.2. The van der Waals surface area contributed by atoms with Crippen LogP contribution in [0.1, 0.15) is 46.5 Å². The predicted molar refractivity (Wildman–Crippen MR) is 86.2 cm³/mol. The van der Waals surface area contributed by atoms with Gasteiger partial charge in [-0.05, 0) is 50.0 Å². The summed E-state index contributed by atoms with van der Waals surface area (Å²) in [6, 6.07) is 0.498. The van der Waals surface area contributed by atoms with Gasteiger partial charge >= 0.3 is 0 Å². The first-order chi connectivity index (χ1) is 9.88. The molecular weight excluding hydrogens is 286 g/mol. The Morgan fingerprint density at radius 1 is 1.10 bits per heavy atom. The van der Waals surface area contributed by atoms with Crippen molar-refractivity contribution >= 4 is 10.2 Å². The molecule has 0 aromatic rings. The Balaban J connectivity index is 1.72. The maximum atomic E-state index is 12.3. The highest BCUT2D eigenvalue weighted by Gasteiger charge is 2.31. The summed E-state index contributed by atoms with van der Waals surface area (Å²) in [6.07, 6.45) is 4.44. The molecule has 0 radical (unpaired) electrons. The Kier molecular flexibility index (Phi) is 6.05. The molecule has 1 atom stereocenters. The number of hydrogen-bond acceptors (Lipinski definition) is 3. The third kappa shape index (κ3) is 5.51. The van der Waals surface area contributed by atoms with Crippen LogP contribution in [0.3, 0.4) is 0 Å². The minimum atomic E-state index is -3.28. The Bertz CT molecular complexity index is 413. The van der Waals surface area contributed by atoms with E-state index in [9.17, 15) is 8.42 Å². The van der Waals surface area contributed by atoms with Crippen molar-refractivity contribution in [2.24, 2.45) is 17.8 Å². The number of piperidine rings is 1. The van der Waals surface area contributed by atoms with Gasteiger partial charge in [-0.1, -0.05) is 20.8 Å². The fourth-order valence-corrected chi connectivity index (χ4v) is 4.26. The van der Waals surface area contributed by atoms with Crippen LogP contribution in [0.5, 0.6) is 0 Å².